The van der Waals surface area contributed by atoms with Crippen LogP contribution in [0.5, 0.6) is 0 Å². The largest absolute Gasteiger partial charge is 0.380 e. The fourth-order valence-corrected chi connectivity index (χ4v) is 3.33. The highest BCUT2D eigenvalue weighted by Gasteiger charge is 2.25. The van der Waals surface area contributed by atoms with E-state index < -0.39 is 0 Å². The average Bonchev–Trinajstić information content (AvgIpc) is 3.35. The maximum absolute atomic E-state index is 6.05. The zero-order chi connectivity index (χ0) is 15.1. The van der Waals surface area contributed by atoms with Gasteiger partial charge in [-0.1, -0.05) is 24.3 Å². The number of anilines is 2. The summed E-state index contributed by atoms with van der Waals surface area (Å²) in [6.45, 7) is 4.14. The lowest BCUT2D eigenvalue weighted by Gasteiger charge is -2.32. The highest BCUT2D eigenvalue weighted by molar-refractivity contribution is 6.01. The van der Waals surface area contributed by atoms with Crippen molar-refractivity contribution in [2.45, 2.75) is 44.7 Å². The molecule has 1 aromatic heterocycles. The summed E-state index contributed by atoms with van der Waals surface area (Å²) in [6.07, 6.45) is 4.66. The minimum absolute atomic E-state index is 0.347. The Kier molecular flexibility index (Phi) is 3.41. The molecule has 3 N–H and O–H groups in total. The Morgan fingerprint density at radius 3 is 2.45 bits per heavy atom. The lowest BCUT2D eigenvalue weighted by atomic mass is 10.0. The molecule has 0 bridgehead atoms. The van der Waals surface area contributed by atoms with Gasteiger partial charge in [0, 0.05) is 35.9 Å². The fraction of sp³-hybridized carbons (Fsp3) is 0.500. The van der Waals surface area contributed by atoms with Crippen molar-refractivity contribution in [2.24, 2.45) is 5.73 Å². The number of aromatic nitrogens is 1. The zero-order valence-electron chi connectivity index (χ0n) is 13.2. The normalized spacial score (nSPS) is 19.6. The second-order valence-corrected chi connectivity index (χ2v) is 6.68. The van der Waals surface area contributed by atoms with Gasteiger partial charge in [0.2, 0.25) is 0 Å². The third kappa shape index (κ3) is 2.52. The number of benzene rings is 1. The van der Waals surface area contributed by atoms with Gasteiger partial charge in [-0.25, -0.2) is 4.98 Å². The minimum Gasteiger partial charge on any atom is -0.380 e. The van der Waals surface area contributed by atoms with Crippen LogP contribution in [0.2, 0.25) is 0 Å². The van der Waals surface area contributed by atoms with Gasteiger partial charge in [-0.15, -0.1) is 0 Å². The summed E-state index contributed by atoms with van der Waals surface area (Å²) in [5, 5.41) is 6.22. The molecular weight excluding hydrogens is 272 g/mol. The zero-order valence-corrected chi connectivity index (χ0v) is 13.2. The summed E-state index contributed by atoms with van der Waals surface area (Å²) >= 11 is 0. The van der Waals surface area contributed by atoms with E-state index in [2.05, 4.69) is 41.4 Å². The summed E-state index contributed by atoms with van der Waals surface area (Å²) in [5.41, 5.74) is 8.37. The number of rotatable bonds is 3. The Morgan fingerprint density at radius 1 is 1.09 bits per heavy atom. The molecule has 4 rings (SSSR count). The molecule has 4 heteroatoms. The van der Waals surface area contributed by atoms with Gasteiger partial charge in [0.1, 0.15) is 5.82 Å². The summed E-state index contributed by atoms with van der Waals surface area (Å²) in [4.78, 5) is 7.36. The Labute approximate surface area is 131 Å². The van der Waals surface area contributed by atoms with E-state index in [1.165, 1.54) is 29.3 Å². The highest BCUT2D eigenvalue weighted by Crippen LogP contribution is 2.36. The molecule has 2 aliphatic rings. The fourth-order valence-electron chi connectivity index (χ4n) is 3.33. The molecule has 116 valence electrons. The van der Waals surface area contributed by atoms with Gasteiger partial charge in [-0.05, 0) is 32.6 Å². The van der Waals surface area contributed by atoms with E-state index in [9.17, 15) is 0 Å². The van der Waals surface area contributed by atoms with Crippen molar-refractivity contribution in [1.82, 2.24) is 4.98 Å². The molecule has 0 radical (unpaired) electrons. The number of piperidine rings is 1. The second kappa shape index (κ2) is 5.43. The maximum Gasteiger partial charge on any atom is 0.136 e. The van der Waals surface area contributed by atoms with Crippen molar-refractivity contribution in [3.63, 3.8) is 0 Å². The van der Waals surface area contributed by atoms with Crippen LogP contribution >= 0.6 is 0 Å². The van der Waals surface area contributed by atoms with Crippen LogP contribution in [0.3, 0.4) is 0 Å². The Bertz CT molecular complexity index is 685. The summed E-state index contributed by atoms with van der Waals surface area (Å²) < 4.78 is 0. The van der Waals surface area contributed by atoms with Crippen LogP contribution in [0.4, 0.5) is 11.5 Å². The molecule has 0 atom stereocenters. The van der Waals surface area contributed by atoms with Gasteiger partial charge in [-0.2, -0.15) is 0 Å². The molecule has 1 saturated heterocycles. The van der Waals surface area contributed by atoms with Gasteiger partial charge in [0.25, 0.3) is 0 Å². The van der Waals surface area contributed by atoms with Crippen molar-refractivity contribution >= 4 is 22.3 Å². The van der Waals surface area contributed by atoms with Crippen LogP contribution in [0, 0.1) is 6.92 Å². The molecule has 1 aliphatic carbocycles. The van der Waals surface area contributed by atoms with Crippen molar-refractivity contribution in [2.75, 3.05) is 23.3 Å². The maximum atomic E-state index is 6.05. The van der Waals surface area contributed by atoms with Crippen LogP contribution in [0.1, 0.15) is 31.4 Å². The van der Waals surface area contributed by atoms with Gasteiger partial charge < -0.3 is 16.0 Å². The van der Waals surface area contributed by atoms with E-state index in [0.717, 1.165) is 37.4 Å². The third-order valence-electron chi connectivity index (χ3n) is 4.84. The quantitative estimate of drug-likeness (QED) is 0.914. The Morgan fingerprint density at radius 2 is 1.77 bits per heavy atom. The predicted octanol–water partition coefficient (Wildman–Crippen LogP) is 3.05. The molecule has 0 unspecified atom stereocenters. The van der Waals surface area contributed by atoms with E-state index >= 15 is 0 Å². The number of fused-ring (bicyclic) bond motifs is 1. The first-order chi connectivity index (χ1) is 10.7. The topological polar surface area (TPSA) is 54.2 Å². The highest BCUT2D eigenvalue weighted by atomic mass is 15.2. The van der Waals surface area contributed by atoms with Gasteiger partial charge in [0.05, 0.1) is 11.4 Å². The smallest absolute Gasteiger partial charge is 0.136 e. The Balaban J connectivity index is 1.78. The molecule has 2 heterocycles. The molecule has 4 nitrogen and oxygen atoms in total. The first-order valence-corrected chi connectivity index (χ1v) is 8.39. The lowest BCUT2D eigenvalue weighted by Crippen LogP contribution is -2.40. The molecule has 22 heavy (non-hydrogen) atoms. The van der Waals surface area contributed by atoms with Gasteiger partial charge >= 0.3 is 0 Å². The van der Waals surface area contributed by atoms with E-state index in [1.807, 2.05) is 0 Å². The molecule has 0 spiro atoms. The number of aryl methyl sites for hydroxylation is 1. The standard InChI is InChI=1S/C18H24N4/c1-12-17(21-14-6-7-14)15-4-2-3-5-16(15)18(20-12)22-10-8-13(19)9-11-22/h2-5,13-14,21H,6-11,19H2,1H3. The molecule has 1 saturated carbocycles. The van der Waals surface area contributed by atoms with Gasteiger partial charge in [0.15, 0.2) is 0 Å². The number of nitrogens with one attached hydrogen (secondary N) is 1. The van der Waals surface area contributed by atoms with Crippen LogP contribution in [-0.4, -0.2) is 30.2 Å². The number of hydrogen-bond donors (Lipinski definition) is 2. The predicted molar refractivity (Wildman–Crippen MR) is 92.5 cm³/mol. The molecule has 0 amide bonds. The summed E-state index contributed by atoms with van der Waals surface area (Å²) in [7, 11) is 0. The third-order valence-corrected chi connectivity index (χ3v) is 4.84. The van der Waals surface area contributed by atoms with Crippen molar-refractivity contribution in [3.8, 4) is 0 Å². The minimum atomic E-state index is 0.347. The van der Waals surface area contributed by atoms with Crippen LogP contribution in [0.15, 0.2) is 24.3 Å². The van der Waals surface area contributed by atoms with Gasteiger partial charge in [-0.3, -0.25) is 0 Å². The SMILES string of the molecule is Cc1nc(N2CCC(N)CC2)c2ccccc2c1NC1CC1. The van der Waals surface area contributed by atoms with E-state index in [1.54, 1.807) is 0 Å². The first kappa shape index (κ1) is 13.8. The van der Waals surface area contributed by atoms with Crippen LogP contribution in [-0.2, 0) is 0 Å². The number of hydrogen-bond acceptors (Lipinski definition) is 4. The van der Waals surface area contributed by atoms with Crippen molar-refractivity contribution < 1.29 is 0 Å². The Hall–Kier alpha value is -1.81. The summed E-state index contributed by atoms with van der Waals surface area (Å²) in [6, 6.07) is 9.63. The monoisotopic (exact) mass is 296 g/mol. The average molecular weight is 296 g/mol. The molecular formula is C18H24N4. The van der Waals surface area contributed by atoms with Crippen LogP contribution in [0.25, 0.3) is 10.8 Å². The van der Waals surface area contributed by atoms with E-state index in [4.69, 9.17) is 10.7 Å². The van der Waals surface area contributed by atoms with Crippen molar-refractivity contribution in [1.29, 1.82) is 0 Å². The lowest BCUT2D eigenvalue weighted by molar-refractivity contribution is 0.499. The summed E-state index contributed by atoms with van der Waals surface area (Å²) in [5.74, 6) is 1.13. The number of pyridine rings is 1. The van der Waals surface area contributed by atoms with Crippen LogP contribution < -0.4 is 16.0 Å². The molecule has 2 fully saturated rings. The molecule has 1 aromatic carbocycles. The molecule has 2 aromatic rings. The second-order valence-electron chi connectivity index (χ2n) is 6.68. The number of nitrogens with two attached hydrogens (primary N) is 1. The van der Waals surface area contributed by atoms with E-state index in [0.29, 0.717) is 12.1 Å². The first-order valence-electron chi connectivity index (χ1n) is 8.39. The molecule has 1 aliphatic heterocycles. The number of nitrogens with zero attached hydrogens (tertiary/aromatic N) is 2. The van der Waals surface area contributed by atoms with Crippen molar-refractivity contribution in [3.05, 3.63) is 30.0 Å². The van der Waals surface area contributed by atoms with E-state index in [-0.39, 0.29) is 0 Å².